The van der Waals surface area contributed by atoms with Crippen LogP contribution in [0.5, 0.6) is 0 Å². The molecule has 0 amide bonds. The molecule has 7 rings (SSSR count). The van der Waals surface area contributed by atoms with Gasteiger partial charge < -0.3 is 20.4 Å². The van der Waals surface area contributed by atoms with Gasteiger partial charge in [0.2, 0.25) is 11.9 Å². The van der Waals surface area contributed by atoms with Crippen LogP contribution in [0.2, 0.25) is 0 Å². The van der Waals surface area contributed by atoms with E-state index in [1.165, 1.54) is 24.3 Å². The Hall–Kier alpha value is -6.67. The fourth-order valence-electron chi connectivity index (χ4n) is 7.36. The topological polar surface area (TPSA) is 282 Å². The highest BCUT2D eigenvalue weighted by atomic mass is 32.2. The van der Waals surface area contributed by atoms with E-state index < -0.39 is 36.1 Å². The van der Waals surface area contributed by atoms with Gasteiger partial charge in [0.1, 0.15) is 21.2 Å². The second-order valence-corrected chi connectivity index (χ2v) is 20.4. The van der Waals surface area contributed by atoms with Gasteiger partial charge in [-0.15, -0.1) is 20.5 Å². The SMILES string of the molecule is CCN(CC)c1ccc(N=Nc2ccc(S(=O)(=O)O)c3ccccc23)c(Nc2nc(Nc3cc(N(CC)CC)ccc3N=Nc3ccc(S(=O)(=O)O)c4ccccc34)nc(SCCS(=O)(=O)O)n2)c1. The summed E-state index contributed by atoms with van der Waals surface area (Å²) < 4.78 is 101. The minimum Gasteiger partial charge on any atom is -0.372 e. The van der Waals surface area contributed by atoms with Gasteiger partial charge in [0.15, 0.2) is 5.16 Å². The Morgan fingerprint density at radius 3 is 1.26 bits per heavy atom. The average molecular weight is 1010 g/mol. The molecule has 6 aromatic carbocycles. The summed E-state index contributed by atoms with van der Waals surface area (Å²) in [5.41, 5.74) is 3.75. The zero-order valence-electron chi connectivity index (χ0n) is 37.6. The highest BCUT2D eigenvalue weighted by molar-refractivity contribution is 8.00. The van der Waals surface area contributed by atoms with Crippen LogP contribution in [-0.4, -0.2) is 91.5 Å². The van der Waals surface area contributed by atoms with Gasteiger partial charge in [0.25, 0.3) is 30.4 Å². The third kappa shape index (κ3) is 12.3. The molecule has 0 bridgehead atoms. The molecule has 20 nitrogen and oxygen atoms in total. The molecule has 7 aromatic rings. The van der Waals surface area contributed by atoms with Crippen LogP contribution < -0.4 is 20.4 Å². The van der Waals surface area contributed by atoms with E-state index in [9.17, 15) is 38.9 Å². The van der Waals surface area contributed by atoms with Gasteiger partial charge >= 0.3 is 0 Å². The smallest absolute Gasteiger partial charge is 0.295 e. The standard InChI is InChI=1S/C45H47N11O9S4/c1-5-55(6-2)29-17-19-37(53-51-35-21-23-41(68(60,61)62)33-15-11-9-13-31(33)35)39(27-29)46-43-48-44(50-45(49-43)66-25-26-67(57,58)59)47-40-28-30(56(7-3)8-4)18-20-38(40)54-52-36-22-24-42(69(63,64)65)34-16-12-10-14-32(34)36/h9-24,27-28H,5-8,25-26H2,1-4H3,(H,57,58,59)(H,60,61,62)(H,63,64,65)(H2,46,47,48,49,50). The summed E-state index contributed by atoms with van der Waals surface area (Å²) in [5, 5.41) is 26.1. The van der Waals surface area contributed by atoms with Crippen molar-refractivity contribution >= 4 is 121 Å². The summed E-state index contributed by atoms with van der Waals surface area (Å²) in [6.45, 7) is 10.7. The van der Waals surface area contributed by atoms with E-state index in [1.54, 1.807) is 60.7 Å². The zero-order valence-corrected chi connectivity index (χ0v) is 40.8. The Morgan fingerprint density at radius 2 is 0.884 bits per heavy atom. The summed E-state index contributed by atoms with van der Waals surface area (Å²) in [6, 6.07) is 29.4. The van der Waals surface area contributed by atoms with Crippen molar-refractivity contribution in [2.45, 2.75) is 42.6 Å². The lowest BCUT2D eigenvalue weighted by Gasteiger charge is -2.22. The van der Waals surface area contributed by atoms with E-state index in [0.717, 1.165) is 23.1 Å². The van der Waals surface area contributed by atoms with Crippen molar-refractivity contribution < 1.29 is 38.9 Å². The Labute approximate surface area is 403 Å². The van der Waals surface area contributed by atoms with E-state index >= 15 is 0 Å². The predicted octanol–water partition coefficient (Wildman–Crippen LogP) is 10.7. The second kappa shape index (κ2) is 21.3. The molecule has 24 heteroatoms. The molecule has 0 atom stereocenters. The number of hydrogen-bond donors (Lipinski definition) is 5. The van der Waals surface area contributed by atoms with Crippen LogP contribution >= 0.6 is 11.8 Å². The van der Waals surface area contributed by atoms with E-state index in [0.29, 0.717) is 71.1 Å². The van der Waals surface area contributed by atoms with Crippen molar-refractivity contribution in [3.8, 4) is 0 Å². The lowest BCUT2D eigenvalue weighted by molar-refractivity contribution is 0.482. The highest BCUT2D eigenvalue weighted by Gasteiger charge is 2.19. The number of aromatic nitrogens is 3. The van der Waals surface area contributed by atoms with Crippen LogP contribution in [0.3, 0.4) is 0 Å². The Balaban J connectivity index is 1.32. The zero-order chi connectivity index (χ0) is 49.5. The fraction of sp³-hybridized carbons (Fsp3) is 0.222. The molecule has 0 aliphatic rings. The maximum absolute atomic E-state index is 12.2. The third-order valence-electron chi connectivity index (χ3n) is 10.7. The average Bonchev–Trinajstić information content (AvgIpc) is 3.30. The van der Waals surface area contributed by atoms with Crippen LogP contribution in [0.25, 0.3) is 21.5 Å². The molecule has 0 fully saturated rings. The van der Waals surface area contributed by atoms with Gasteiger partial charge in [-0.25, -0.2) is 0 Å². The summed E-state index contributed by atoms with van der Waals surface area (Å²) >= 11 is 0.956. The Morgan fingerprint density at radius 1 is 0.507 bits per heavy atom. The molecule has 0 unspecified atom stereocenters. The maximum atomic E-state index is 12.2. The van der Waals surface area contributed by atoms with Gasteiger partial charge in [-0.1, -0.05) is 60.3 Å². The molecule has 0 aliphatic carbocycles. The van der Waals surface area contributed by atoms with Crippen LogP contribution in [0.1, 0.15) is 27.7 Å². The quantitative estimate of drug-likeness (QED) is 0.0269. The molecule has 69 heavy (non-hydrogen) atoms. The number of hydrogen-bond acceptors (Lipinski definition) is 18. The first-order valence-corrected chi connectivity index (χ1v) is 26.8. The molecule has 1 heterocycles. The molecule has 1 aromatic heterocycles. The van der Waals surface area contributed by atoms with E-state index in [1.807, 2.05) is 52.0 Å². The number of azo groups is 2. The molecular weight excluding hydrogens is 967 g/mol. The van der Waals surface area contributed by atoms with Gasteiger partial charge in [-0.2, -0.15) is 40.2 Å². The number of nitrogens with zero attached hydrogens (tertiary/aromatic N) is 9. The fourth-order valence-corrected chi connectivity index (χ4v) is 10.4. The Bertz CT molecular complexity index is 3240. The normalized spacial score (nSPS) is 12.3. The molecule has 0 radical (unpaired) electrons. The number of benzene rings is 6. The number of rotatable bonds is 20. The molecule has 0 saturated heterocycles. The van der Waals surface area contributed by atoms with Crippen LogP contribution in [0.4, 0.5) is 57.4 Å². The third-order valence-corrected chi connectivity index (χ3v) is 14.4. The predicted molar refractivity (Wildman–Crippen MR) is 269 cm³/mol. The molecule has 360 valence electrons. The van der Waals surface area contributed by atoms with Crippen LogP contribution in [-0.2, 0) is 30.4 Å². The van der Waals surface area contributed by atoms with Crippen LogP contribution in [0.15, 0.2) is 145 Å². The van der Waals surface area contributed by atoms with Crippen LogP contribution in [0, 0.1) is 0 Å². The van der Waals surface area contributed by atoms with Crippen molar-refractivity contribution in [2.24, 2.45) is 20.5 Å². The van der Waals surface area contributed by atoms with Gasteiger partial charge in [0, 0.05) is 64.9 Å². The van der Waals surface area contributed by atoms with E-state index in [-0.39, 0.29) is 43.4 Å². The van der Waals surface area contributed by atoms with Crippen molar-refractivity contribution in [2.75, 3.05) is 58.1 Å². The minimum absolute atomic E-state index is 0.00595. The largest absolute Gasteiger partial charge is 0.372 e. The molecule has 0 spiro atoms. The van der Waals surface area contributed by atoms with Crippen molar-refractivity contribution in [3.05, 3.63) is 109 Å². The molecule has 0 aliphatic heterocycles. The maximum Gasteiger partial charge on any atom is 0.295 e. The second-order valence-electron chi connectivity index (χ2n) is 15.0. The van der Waals surface area contributed by atoms with Crippen molar-refractivity contribution in [1.29, 1.82) is 0 Å². The van der Waals surface area contributed by atoms with Crippen molar-refractivity contribution in [1.82, 2.24) is 15.0 Å². The molecule has 0 saturated carbocycles. The van der Waals surface area contributed by atoms with Gasteiger partial charge in [-0.05, 0) is 88.4 Å². The van der Waals surface area contributed by atoms with E-state index in [2.05, 4.69) is 50.9 Å². The number of nitrogens with one attached hydrogen (secondary N) is 2. The molecule has 5 N–H and O–H groups in total. The summed E-state index contributed by atoms with van der Waals surface area (Å²) in [5.74, 6) is -0.677. The first-order chi connectivity index (χ1) is 32.9. The minimum atomic E-state index is -4.54. The number of thioether (sulfide) groups is 1. The van der Waals surface area contributed by atoms with Gasteiger partial charge in [-0.3, -0.25) is 13.7 Å². The summed E-state index contributed by atoms with van der Waals surface area (Å²) in [4.78, 5) is 17.6. The monoisotopic (exact) mass is 1010 g/mol. The first-order valence-electron chi connectivity index (χ1n) is 21.4. The van der Waals surface area contributed by atoms with E-state index in [4.69, 9.17) is 4.98 Å². The first kappa shape index (κ1) is 50.2. The lowest BCUT2D eigenvalue weighted by atomic mass is 10.1. The number of anilines is 6. The summed E-state index contributed by atoms with van der Waals surface area (Å²) in [7, 11) is -13.4. The van der Waals surface area contributed by atoms with Gasteiger partial charge in [0.05, 0.1) is 28.5 Å². The number of fused-ring (bicyclic) bond motifs is 2. The highest BCUT2D eigenvalue weighted by Crippen LogP contribution is 2.39. The molecular formula is C45H47N11O9S4. The van der Waals surface area contributed by atoms with Crippen molar-refractivity contribution in [3.63, 3.8) is 0 Å². The summed E-state index contributed by atoms with van der Waals surface area (Å²) in [6.07, 6.45) is 0. The Kier molecular flexibility index (Phi) is 15.5. The lowest BCUT2D eigenvalue weighted by Crippen LogP contribution is -2.21.